The summed E-state index contributed by atoms with van der Waals surface area (Å²) in [5, 5.41) is 2.87. The molecule has 2 nitrogen and oxygen atoms in total. The number of hydrogen-bond acceptors (Lipinski definition) is 1. The monoisotopic (exact) mass is 189 g/mol. The topological polar surface area (TPSA) is 29.1 Å². The lowest BCUT2D eigenvalue weighted by atomic mass is 9.95. The minimum atomic E-state index is 0.104. The van der Waals surface area contributed by atoms with Gasteiger partial charge in [-0.1, -0.05) is 25.5 Å². The summed E-state index contributed by atoms with van der Waals surface area (Å²) >= 11 is 0. The van der Waals surface area contributed by atoms with E-state index in [1.807, 2.05) is 0 Å². The van der Waals surface area contributed by atoms with Crippen LogP contribution in [0.3, 0.4) is 0 Å². The molecule has 1 amide bonds. The van der Waals surface area contributed by atoms with Crippen LogP contribution in [-0.2, 0) is 13.0 Å². The highest BCUT2D eigenvalue weighted by Gasteiger charge is 2.22. The minimum Gasteiger partial charge on any atom is -0.348 e. The Balaban J connectivity index is 2.56. The highest BCUT2D eigenvalue weighted by atomic mass is 16.1. The number of amides is 1. The summed E-state index contributed by atoms with van der Waals surface area (Å²) in [6.07, 6.45) is 2.09. The van der Waals surface area contributed by atoms with Gasteiger partial charge in [0.05, 0.1) is 0 Å². The molecule has 1 aliphatic rings. The van der Waals surface area contributed by atoms with Crippen LogP contribution in [0.5, 0.6) is 0 Å². The van der Waals surface area contributed by atoms with E-state index in [9.17, 15) is 4.79 Å². The second kappa shape index (κ2) is 3.45. The Bertz CT molecular complexity index is 382. The second-order valence-corrected chi connectivity index (χ2v) is 3.83. The fraction of sp³-hybridized carbons (Fsp3) is 0.417. The standard InChI is InChI=1S/C12H15NO/c1-3-4-10-8(2)5-6-9-7-13-12(14)11(9)10/h5-6H,3-4,7H2,1-2H3,(H,13,14). The van der Waals surface area contributed by atoms with Gasteiger partial charge in [-0.3, -0.25) is 4.79 Å². The molecule has 1 heterocycles. The molecule has 2 heteroatoms. The Morgan fingerprint density at radius 1 is 1.43 bits per heavy atom. The van der Waals surface area contributed by atoms with Crippen molar-refractivity contribution in [2.24, 2.45) is 0 Å². The molecule has 1 aromatic rings. The summed E-state index contributed by atoms with van der Waals surface area (Å²) in [7, 11) is 0. The van der Waals surface area contributed by atoms with Crippen LogP contribution < -0.4 is 5.32 Å². The third kappa shape index (κ3) is 1.31. The SMILES string of the molecule is CCCc1c(C)ccc2c1C(=O)NC2. The number of carbonyl (C=O) groups is 1. The van der Waals surface area contributed by atoms with E-state index in [4.69, 9.17) is 0 Å². The Kier molecular flexibility index (Phi) is 2.28. The predicted molar refractivity (Wildman–Crippen MR) is 56.3 cm³/mol. The van der Waals surface area contributed by atoms with Crippen LogP contribution in [0.2, 0.25) is 0 Å². The van der Waals surface area contributed by atoms with E-state index in [2.05, 4.69) is 31.3 Å². The summed E-state index contributed by atoms with van der Waals surface area (Å²) in [5.74, 6) is 0.104. The molecule has 0 unspecified atom stereocenters. The predicted octanol–water partition coefficient (Wildman–Crippen LogP) is 2.19. The Hall–Kier alpha value is -1.31. The largest absolute Gasteiger partial charge is 0.348 e. The van der Waals surface area contributed by atoms with Gasteiger partial charge in [-0.05, 0) is 30.0 Å². The van der Waals surface area contributed by atoms with Crippen molar-refractivity contribution in [3.63, 3.8) is 0 Å². The fourth-order valence-electron chi connectivity index (χ4n) is 2.07. The van der Waals surface area contributed by atoms with Gasteiger partial charge in [-0.2, -0.15) is 0 Å². The molecule has 0 atom stereocenters. The first-order valence-electron chi connectivity index (χ1n) is 5.13. The first kappa shape index (κ1) is 9.25. The van der Waals surface area contributed by atoms with Crippen LogP contribution in [0.15, 0.2) is 12.1 Å². The summed E-state index contributed by atoms with van der Waals surface area (Å²) in [6, 6.07) is 4.17. The van der Waals surface area contributed by atoms with Crippen LogP contribution in [0.25, 0.3) is 0 Å². The molecule has 1 aromatic carbocycles. The van der Waals surface area contributed by atoms with Crippen LogP contribution in [-0.4, -0.2) is 5.91 Å². The number of hydrogen-bond donors (Lipinski definition) is 1. The van der Waals surface area contributed by atoms with E-state index in [-0.39, 0.29) is 5.91 Å². The molecule has 0 fully saturated rings. The van der Waals surface area contributed by atoms with Gasteiger partial charge in [-0.15, -0.1) is 0 Å². The van der Waals surface area contributed by atoms with Gasteiger partial charge in [0.1, 0.15) is 0 Å². The number of nitrogens with one attached hydrogen (secondary N) is 1. The van der Waals surface area contributed by atoms with E-state index in [1.165, 1.54) is 11.1 Å². The molecule has 0 saturated heterocycles. The average molecular weight is 189 g/mol. The lowest BCUT2D eigenvalue weighted by Crippen LogP contribution is -2.14. The van der Waals surface area contributed by atoms with Gasteiger partial charge >= 0.3 is 0 Å². The molecular formula is C12H15NO. The molecule has 0 aromatic heterocycles. The first-order valence-corrected chi connectivity index (χ1v) is 5.13. The van der Waals surface area contributed by atoms with E-state index in [0.717, 1.165) is 24.0 Å². The normalized spacial score (nSPS) is 14.0. The van der Waals surface area contributed by atoms with Crippen LogP contribution in [0, 0.1) is 6.92 Å². The van der Waals surface area contributed by atoms with Crippen LogP contribution >= 0.6 is 0 Å². The lowest BCUT2D eigenvalue weighted by molar-refractivity contribution is 0.0965. The zero-order chi connectivity index (χ0) is 10.1. The number of rotatable bonds is 2. The molecule has 0 saturated carbocycles. The highest BCUT2D eigenvalue weighted by molar-refractivity contribution is 6.00. The minimum absolute atomic E-state index is 0.104. The van der Waals surface area contributed by atoms with E-state index in [1.54, 1.807) is 0 Å². The van der Waals surface area contributed by atoms with Gasteiger partial charge < -0.3 is 5.32 Å². The van der Waals surface area contributed by atoms with Crippen molar-refractivity contribution in [1.82, 2.24) is 5.32 Å². The third-order valence-corrected chi connectivity index (χ3v) is 2.80. The molecule has 0 spiro atoms. The Morgan fingerprint density at radius 3 is 2.93 bits per heavy atom. The molecule has 0 bridgehead atoms. The van der Waals surface area contributed by atoms with Gasteiger partial charge in [0.2, 0.25) is 0 Å². The maximum Gasteiger partial charge on any atom is 0.252 e. The number of fused-ring (bicyclic) bond motifs is 1. The smallest absolute Gasteiger partial charge is 0.252 e. The number of aryl methyl sites for hydroxylation is 1. The zero-order valence-electron chi connectivity index (χ0n) is 8.68. The third-order valence-electron chi connectivity index (χ3n) is 2.80. The van der Waals surface area contributed by atoms with E-state index >= 15 is 0 Å². The van der Waals surface area contributed by atoms with Crippen molar-refractivity contribution < 1.29 is 4.79 Å². The molecule has 74 valence electrons. The van der Waals surface area contributed by atoms with E-state index in [0.29, 0.717) is 6.54 Å². The van der Waals surface area contributed by atoms with E-state index < -0.39 is 0 Å². The molecule has 1 aliphatic heterocycles. The lowest BCUT2D eigenvalue weighted by Gasteiger charge is -2.08. The quantitative estimate of drug-likeness (QED) is 0.759. The van der Waals surface area contributed by atoms with Gasteiger partial charge in [-0.25, -0.2) is 0 Å². The molecule has 1 N–H and O–H groups in total. The molecule has 0 radical (unpaired) electrons. The van der Waals surface area contributed by atoms with Crippen LogP contribution in [0.4, 0.5) is 0 Å². The first-order chi connectivity index (χ1) is 6.74. The summed E-state index contributed by atoms with van der Waals surface area (Å²) in [4.78, 5) is 11.6. The molecule has 0 aliphatic carbocycles. The number of benzene rings is 1. The fourth-order valence-corrected chi connectivity index (χ4v) is 2.07. The van der Waals surface area contributed by atoms with Crippen molar-refractivity contribution >= 4 is 5.91 Å². The molecule has 14 heavy (non-hydrogen) atoms. The maximum absolute atomic E-state index is 11.6. The second-order valence-electron chi connectivity index (χ2n) is 3.83. The molecule has 2 rings (SSSR count). The Labute approximate surface area is 84.3 Å². The average Bonchev–Trinajstić information content (AvgIpc) is 2.53. The van der Waals surface area contributed by atoms with Crippen molar-refractivity contribution in [2.75, 3.05) is 0 Å². The number of carbonyl (C=O) groups excluding carboxylic acids is 1. The zero-order valence-corrected chi connectivity index (χ0v) is 8.68. The van der Waals surface area contributed by atoms with Crippen molar-refractivity contribution in [1.29, 1.82) is 0 Å². The van der Waals surface area contributed by atoms with Gasteiger partial charge in [0.15, 0.2) is 0 Å². The highest BCUT2D eigenvalue weighted by Crippen LogP contribution is 2.24. The molecular weight excluding hydrogens is 174 g/mol. The van der Waals surface area contributed by atoms with Crippen LogP contribution in [0.1, 0.15) is 40.4 Å². The summed E-state index contributed by atoms with van der Waals surface area (Å²) < 4.78 is 0. The Morgan fingerprint density at radius 2 is 2.21 bits per heavy atom. The summed E-state index contributed by atoms with van der Waals surface area (Å²) in [5.41, 5.74) is 4.57. The maximum atomic E-state index is 11.6. The summed E-state index contributed by atoms with van der Waals surface area (Å²) in [6.45, 7) is 4.92. The van der Waals surface area contributed by atoms with Crippen molar-refractivity contribution in [3.05, 3.63) is 34.4 Å². The van der Waals surface area contributed by atoms with Gasteiger partial charge in [0.25, 0.3) is 5.91 Å². The van der Waals surface area contributed by atoms with Crippen molar-refractivity contribution in [2.45, 2.75) is 33.2 Å². The van der Waals surface area contributed by atoms with Gasteiger partial charge in [0, 0.05) is 12.1 Å². The van der Waals surface area contributed by atoms with Crippen molar-refractivity contribution in [3.8, 4) is 0 Å².